The van der Waals surface area contributed by atoms with Crippen LogP contribution in [-0.2, 0) is 16.1 Å². The topological polar surface area (TPSA) is 90.1 Å². The van der Waals surface area contributed by atoms with Gasteiger partial charge in [0, 0.05) is 12.7 Å². The number of methoxy groups -OCH3 is 1. The van der Waals surface area contributed by atoms with Crippen molar-refractivity contribution in [1.82, 2.24) is 20.2 Å². The van der Waals surface area contributed by atoms with Crippen LogP contribution in [0.2, 0.25) is 0 Å². The van der Waals surface area contributed by atoms with Crippen molar-refractivity contribution in [2.45, 2.75) is 32.9 Å². The average Bonchev–Trinajstić information content (AvgIpc) is 2.85. The lowest BCUT2D eigenvalue weighted by atomic mass is 10.0. The molecule has 0 saturated carbocycles. The molecule has 1 aromatic heterocycles. The van der Waals surface area contributed by atoms with Crippen LogP contribution in [0.25, 0.3) is 11.4 Å². The van der Waals surface area contributed by atoms with Crippen LogP contribution < -0.4 is 0 Å². The number of aliphatic carboxylic acids is 1. The van der Waals surface area contributed by atoms with E-state index in [0.29, 0.717) is 12.4 Å². The lowest BCUT2D eigenvalue weighted by Crippen LogP contribution is -2.23. The molecule has 1 heterocycles. The molecular formula is C14H18N4O3. The standard InChI is InChI=1S/C14H18N4O3/c1-9-5-4-6-10(2)13(9)14-15-16-17-18(14)8-11(21-3)7-12(19)20/h4-6,11H,7-8H2,1-3H3,(H,19,20). The van der Waals surface area contributed by atoms with Crippen LogP contribution in [0.15, 0.2) is 18.2 Å². The molecule has 0 fully saturated rings. The first kappa shape index (κ1) is 15.1. The smallest absolute Gasteiger partial charge is 0.306 e. The maximum atomic E-state index is 10.8. The summed E-state index contributed by atoms with van der Waals surface area (Å²) in [5.41, 5.74) is 3.10. The molecule has 7 nitrogen and oxygen atoms in total. The predicted octanol–water partition coefficient (Wildman–Crippen LogP) is 1.45. The molecule has 0 aliphatic rings. The molecule has 0 amide bonds. The Labute approximate surface area is 122 Å². The van der Waals surface area contributed by atoms with Gasteiger partial charge in [0.25, 0.3) is 0 Å². The van der Waals surface area contributed by atoms with E-state index in [2.05, 4.69) is 15.5 Å². The third-order valence-electron chi connectivity index (χ3n) is 3.35. The lowest BCUT2D eigenvalue weighted by molar-refractivity contribution is -0.140. The minimum Gasteiger partial charge on any atom is -0.481 e. The van der Waals surface area contributed by atoms with Gasteiger partial charge in [-0.1, -0.05) is 18.2 Å². The van der Waals surface area contributed by atoms with Gasteiger partial charge in [-0.25, -0.2) is 4.68 Å². The number of carbonyl (C=O) groups is 1. The minimum absolute atomic E-state index is 0.0947. The molecule has 1 aromatic carbocycles. The van der Waals surface area contributed by atoms with Gasteiger partial charge in [-0.3, -0.25) is 4.79 Å². The van der Waals surface area contributed by atoms with Gasteiger partial charge in [-0.15, -0.1) is 5.10 Å². The van der Waals surface area contributed by atoms with E-state index < -0.39 is 12.1 Å². The van der Waals surface area contributed by atoms with Gasteiger partial charge in [-0.2, -0.15) is 0 Å². The fourth-order valence-corrected chi connectivity index (χ4v) is 2.28. The van der Waals surface area contributed by atoms with E-state index in [9.17, 15) is 4.79 Å². The lowest BCUT2D eigenvalue weighted by Gasteiger charge is -2.15. The van der Waals surface area contributed by atoms with Gasteiger partial charge in [0.05, 0.1) is 19.1 Å². The van der Waals surface area contributed by atoms with Crippen molar-refractivity contribution in [2.24, 2.45) is 0 Å². The summed E-state index contributed by atoms with van der Waals surface area (Å²) in [7, 11) is 1.48. The van der Waals surface area contributed by atoms with Gasteiger partial charge in [0.15, 0.2) is 5.82 Å². The van der Waals surface area contributed by atoms with Gasteiger partial charge in [-0.05, 0) is 35.4 Å². The van der Waals surface area contributed by atoms with Crippen molar-refractivity contribution in [3.63, 3.8) is 0 Å². The summed E-state index contributed by atoms with van der Waals surface area (Å²) in [6.07, 6.45) is -0.572. The highest BCUT2D eigenvalue weighted by atomic mass is 16.5. The number of aryl methyl sites for hydroxylation is 2. The molecule has 1 unspecified atom stereocenters. The van der Waals surface area contributed by atoms with E-state index in [0.717, 1.165) is 16.7 Å². The normalized spacial score (nSPS) is 12.3. The summed E-state index contributed by atoms with van der Waals surface area (Å²) in [4.78, 5) is 10.8. The molecular weight excluding hydrogens is 272 g/mol. The fraction of sp³-hybridized carbons (Fsp3) is 0.429. The number of aromatic nitrogens is 4. The molecule has 2 rings (SSSR count). The van der Waals surface area contributed by atoms with Gasteiger partial charge in [0.2, 0.25) is 0 Å². The molecule has 112 valence electrons. The Morgan fingerprint density at radius 1 is 1.38 bits per heavy atom. The Morgan fingerprint density at radius 3 is 2.62 bits per heavy atom. The van der Waals surface area contributed by atoms with E-state index in [1.165, 1.54) is 7.11 Å². The Kier molecular flexibility index (Phi) is 4.64. The molecule has 1 N–H and O–H groups in total. The fourth-order valence-electron chi connectivity index (χ4n) is 2.28. The van der Waals surface area contributed by atoms with Crippen molar-refractivity contribution >= 4 is 5.97 Å². The molecule has 21 heavy (non-hydrogen) atoms. The maximum Gasteiger partial charge on any atom is 0.306 e. The number of tetrazole rings is 1. The number of ether oxygens (including phenoxy) is 1. The largest absolute Gasteiger partial charge is 0.481 e. The van der Waals surface area contributed by atoms with Crippen molar-refractivity contribution in [2.75, 3.05) is 7.11 Å². The van der Waals surface area contributed by atoms with Gasteiger partial charge in [0.1, 0.15) is 0 Å². The molecule has 0 aliphatic heterocycles. The highest BCUT2D eigenvalue weighted by Crippen LogP contribution is 2.24. The second-order valence-electron chi connectivity index (χ2n) is 4.91. The van der Waals surface area contributed by atoms with Crippen LogP contribution in [0, 0.1) is 13.8 Å². The predicted molar refractivity (Wildman–Crippen MR) is 75.8 cm³/mol. The van der Waals surface area contributed by atoms with Crippen molar-refractivity contribution in [3.05, 3.63) is 29.3 Å². The third-order valence-corrected chi connectivity index (χ3v) is 3.35. The highest BCUT2D eigenvalue weighted by molar-refractivity contribution is 5.67. The molecule has 0 radical (unpaired) electrons. The number of nitrogens with zero attached hydrogens (tertiary/aromatic N) is 4. The number of carboxylic acid groups (broad SMARTS) is 1. The van der Waals surface area contributed by atoms with Crippen LogP contribution in [-0.4, -0.2) is 44.5 Å². The van der Waals surface area contributed by atoms with Crippen molar-refractivity contribution < 1.29 is 14.6 Å². The molecule has 0 spiro atoms. The first-order valence-electron chi connectivity index (χ1n) is 6.60. The number of hydrogen-bond donors (Lipinski definition) is 1. The molecule has 7 heteroatoms. The summed E-state index contributed by atoms with van der Waals surface area (Å²) >= 11 is 0. The minimum atomic E-state index is -0.913. The van der Waals surface area contributed by atoms with Crippen LogP contribution >= 0.6 is 0 Å². The SMILES string of the molecule is COC(CC(=O)O)Cn1nnnc1-c1c(C)cccc1C. The zero-order valence-electron chi connectivity index (χ0n) is 12.3. The van der Waals surface area contributed by atoms with E-state index in [-0.39, 0.29) is 6.42 Å². The Hall–Kier alpha value is -2.28. The number of hydrogen-bond acceptors (Lipinski definition) is 5. The summed E-state index contributed by atoms with van der Waals surface area (Å²) in [6, 6.07) is 5.96. The number of benzene rings is 1. The second-order valence-corrected chi connectivity index (χ2v) is 4.91. The molecule has 0 saturated heterocycles. The van der Waals surface area contributed by atoms with Crippen LogP contribution in [0.4, 0.5) is 0 Å². The zero-order valence-corrected chi connectivity index (χ0v) is 12.3. The number of rotatable bonds is 6. The Bertz CT molecular complexity index is 619. The Morgan fingerprint density at radius 2 is 2.05 bits per heavy atom. The highest BCUT2D eigenvalue weighted by Gasteiger charge is 2.19. The molecule has 2 aromatic rings. The van der Waals surface area contributed by atoms with Gasteiger partial charge >= 0.3 is 5.97 Å². The quantitative estimate of drug-likeness (QED) is 0.866. The summed E-state index contributed by atoms with van der Waals surface area (Å²) in [6.45, 7) is 4.28. The Balaban J connectivity index is 2.32. The summed E-state index contributed by atoms with van der Waals surface area (Å²) in [5.74, 6) is -0.290. The van der Waals surface area contributed by atoms with Crippen LogP contribution in [0.3, 0.4) is 0 Å². The second kappa shape index (κ2) is 6.45. The van der Waals surface area contributed by atoms with E-state index in [4.69, 9.17) is 9.84 Å². The van der Waals surface area contributed by atoms with Crippen molar-refractivity contribution in [1.29, 1.82) is 0 Å². The monoisotopic (exact) mass is 290 g/mol. The molecule has 0 bridgehead atoms. The van der Waals surface area contributed by atoms with Crippen LogP contribution in [0.1, 0.15) is 17.5 Å². The van der Waals surface area contributed by atoms with Gasteiger partial charge < -0.3 is 9.84 Å². The van der Waals surface area contributed by atoms with E-state index in [1.807, 2.05) is 32.0 Å². The summed E-state index contributed by atoms with van der Waals surface area (Å²) in [5, 5.41) is 20.6. The van der Waals surface area contributed by atoms with E-state index >= 15 is 0 Å². The number of carboxylic acids is 1. The average molecular weight is 290 g/mol. The first-order valence-corrected chi connectivity index (χ1v) is 6.60. The summed E-state index contributed by atoms with van der Waals surface area (Å²) < 4.78 is 6.78. The third kappa shape index (κ3) is 3.43. The molecule has 1 atom stereocenters. The molecule has 0 aliphatic carbocycles. The zero-order chi connectivity index (χ0) is 15.4. The van der Waals surface area contributed by atoms with E-state index in [1.54, 1.807) is 4.68 Å². The van der Waals surface area contributed by atoms with Crippen molar-refractivity contribution in [3.8, 4) is 11.4 Å². The van der Waals surface area contributed by atoms with Crippen LogP contribution in [0.5, 0.6) is 0 Å². The maximum absolute atomic E-state index is 10.8. The first-order chi connectivity index (χ1) is 10.0.